The molecule has 0 atom stereocenters. The van der Waals surface area contributed by atoms with Crippen molar-refractivity contribution in [1.82, 2.24) is 0 Å². The number of hydrogen-bond donors (Lipinski definition) is 0. The average Bonchev–Trinajstić information content (AvgIpc) is 2.76. The highest BCUT2D eigenvalue weighted by molar-refractivity contribution is 6.35. The molecule has 1 heterocycles. The van der Waals surface area contributed by atoms with Crippen LogP contribution in [0.15, 0.2) is 69.9 Å². The van der Waals surface area contributed by atoms with Crippen molar-refractivity contribution in [3.63, 3.8) is 0 Å². The minimum absolute atomic E-state index is 0.368. The summed E-state index contributed by atoms with van der Waals surface area (Å²) in [4.78, 5) is 11.6. The molecule has 3 aromatic carbocycles. The second kappa shape index (κ2) is 10.4. The van der Waals surface area contributed by atoms with Crippen molar-refractivity contribution < 1.29 is 18.6 Å². The molecule has 0 spiro atoms. The maximum atomic E-state index is 11.6. The highest BCUT2D eigenvalue weighted by Gasteiger charge is 2.11. The molecule has 0 aliphatic carbocycles. The van der Waals surface area contributed by atoms with Crippen LogP contribution >= 0.6 is 34.8 Å². The third-order valence-corrected chi connectivity index (χ3v) is 5.52. The van der Waals surface area contributed by atoms with Gasteiger partial charge < -0.3 is 18.6 Å². The third kappa shape index (κ3) is 5.93. The van der Waals surface area contributed by atoms with E-state index in [-0.39, 0.29) is 5.63 Å². The van der Waals surface area contributed by atoms with E-state index in [1.54, 1.807) is 42.5 Å². The van der Waals surface area contributed by atoms with E-state index in [0.717, 1.165) is 10.9 Å². The zero-order valence-electron chi connectivity index (χ0n) is 17.6. The van der Waals surface area contributed by atoms with Crippen molar-refractivity contribution in [2.75, 3.05) is 13.2 Å². The zero-order chi connectivity index (χ0) is 23.4. The van der Waals surface area contributed by atoms with Gasteiger partial charge in [-0.1, -0.05) is 34.8 Å². The summed E-state index contributed by atoms with van der Waals surface area (Å²) in [7, 11) is 0. The molecule has 8 heteroatoms. The Morgan fingerprint density at radius 2 is 1.52 bits per heavy atom. The van der Waals surface area contributed by atoms with Gasteiger partial charge in [-0.25, -0.2) is 4.79 Å². The molecule has 1 aromatic heterocycles. The van der Waals surface area contributed by atoms with Crippen molar-refractivity contribution in [3.05, 3.63) is 91.7 Å². The molecule has 0 radical (unpaired) electrons. The first-order valence-corrected chi connectivity index (χ1v) is 11.2. The number of hydrogen-bond acceptors (Lipinski definition) is 5. The molecular weight excluding hydrogens is 487 g/mol. The average molecular weight is 506 g/mol. The zero-order valence-corrected chi connectivity index (χ0v) is 19.8. The molecule has 5 nitrogen and oxygen atoms in total. The Morgan fingerprint density at radius 3 is 2.30 bits per heavy atom. The maximum absolute atomic E-state index is 11.6. The fourth-order valence-corrected chi connectivity index (χ4v) is 3.79. The minimum Gasteiger partial charge on any atom is -0.493 e. The predicted octanol–water partition coefficient (Wildman–Crippen LogP) is 7.70. The van der Waals surface area contributed by atoms with Crippen molar-refractivity contribution in [3.8, 4) is 23.0 Å². The van der Waals surface area contributed by atoms with Crippen LogP contribution < -0.4 is 19.8 Å². The summed E-state index contributed by atoms with van der Waals surface area (Å²) in [6.45, 7) is 2.64. The smallest absolute Gasteiger partial charge is 0.336 e. The van der Waals surface area contributed by atoms with E-state index in [1.165, 1.54) is 6.07 Å². The Bertz CT molecular complexity index is 1350. The fourth-order valence-electron chi connectivity index (χ4n) is 3.18. The van der Waals surface area contributed by atoms with Gasteiger partial charge in [0.25, 0.3) is 0 Å². The van der Waals surface area contributed by atoms with Crippen LogP contribution in [0.25, 0.3) is 11.0 Å². The molecule has 0 saturated carbocycles. The van der Waals surface area contributed by atoms with E-state index in [2.05, 4.69) is 0 Å². The molecule has 170 valence electrons. The summed E-state index contributed by atoms with van der Waals surface area (Å²) in [6.07, 6.45) is 0.601. The highest BCUT2D eigenvalue weighted by atomic mass is 35.5. The highest BCUT2D eigenvalue weighted by Crippen LogP contribution is 2.37. The van der Waals surface area contributed by atoms with Gasteiger partial charge in [-0.15, -0.1) is 0 Å². The van der Waals surface area contributed by atoms with E-state index >= 15 is 0 Å². The first-order chi connectivity index (χ1) is 15.9. The van der Waals surface area contributed by atoms with Gasteiger partial charge in [0.1, 0.15) is 17.1 Å². The molecule has 0 aliphatic heterocycles. The van der Waals surface area contributed by atoms with Crippen LogP contribution in [-0.2, 0) is 0 Å². The van der Waals surface area contributed by atoms with Crippen LogP contribution in [0.4, 0.5) is 0 Å². The Kier molecular flexibility index (Phi) is 7.33. The molecule has 4 aromatic rings. The van der Waals surface area contributed by atoms with Crippen LogP contribution in [0.3, 0.4) is 0 Å². The van der Waals surface area contributed by atoms with Gasteiger partial charge in [0.05, 0.1) is 18.2 Å². The van der Waals surface area contributed by atoms with Crippen molar-refractivity contribution in [2.24, 2.45) is 0 Å². The van der Waals surface area contributed by atoms with E-state index in [1.807, 2.05) is 19.1 Å². The summed E-state index contributed by atoms with van der Waals surface area (Å²) in [5, 5.41) is 2.30. The SMILES string of the molecule is Cc1cc(=O)oc2cc(OCCCOc3cc(Cl)ccc3Oc3ccc(Cl)cc3Cl)ccc12. The molecule has 0 aliphatic rings. The number of fused-ring (bicyclic) bond motifs is 1. The minimum atomic E-state index is -0.384. The van der Waals surface area contributed by atoms with Gasteiger partial charge in [-0.3, -0.25) is 0 Å². The third-order valence-electron chi connectivity index (χ3n) is 4.76. The van der Waals surface area contributed by atoms with Crippen molar-refractivity contribution in [1.29, 1.82) is 0 Å². The van der Waals surface area contributed by atoms with Crippen LogP contribution in [0, 0.1) is 6.92 Å². The summed E-state index contributed by atoms with van der Waals surface area (Å²) in [6, 6.07) is 17.0. The van der Waals surface area contributed by atoms with E-state index in [4.69, 9.17) is 53.4 Å². The number of aryl methyl sites for hydroxylation is 1. The van der Waals surface area contributed by atoms with E-state index < -0.39 is 0 Å². The van der Waals surface area contributed by atoms with E-state index in [9.17, 15) is 4.79 Å². The summed E-state index contributed by atoms with van der Waals surface area (Å²) >= 11 is 18.3. The summed E-state index contributed by atoms with van der Waals surface area (Å²) in [5.41, 5.74) is 0.973. The van der Waals surface area contributed by atoms with Gasteiger partial charge in [0.15, 0.2) is 11.5 Å². The largest absolute Gasteiger partial charge is 0.493 e. The molecule has 0 amide bonds. The van der Waals surface area contributed by atoms with Gasteiger partial charge in [-0.05, 0) is 55.0 Å². The number of halogens is 3. The Morgan fingerprint density at radius 1 is 0.788 bits per heavy atom. The lowest BCUT2D eigenvalue weighted by Crippen LogP contribution is -2.06. The predicted molar refractivity (Wildman–Crippen MR) is 131 cm³/mol. The maximum Gasteiger partial charge on any atom is 0.336 e. The van der Waals surface area contributed by atoms with Gasteiger partial charge in [-0.2, -0.15) is 0 Å². The lowest BCUT2D eigenvalue weighted by atomic mass is 10.1. The van der Waals surface area contributed by atoms with Crippen LogP contribution in [0.5, 0.6) is 23.0 Å². The number of ether oxygens (including phenoxy) is 3. The monoisotopic (exact) mass is 504 g/mol. The van der Waals surface area contributed by atoms with Crippen LogP contribution in [0.2, 0.25) is 15.1 Å². The lowest BCUT2D eigenvalue weighted by Gasteiger charge is -2.14. The lowest BCUT2D eigenvalue weighted by molar-refractivity contribution is 0.242. The van der Waals surface area contributed by atoms with Gasteiger partial charge >= 0.3 is 5.63 Å². The molecule has 4 rings (SSSR count). The summed E-state index contributed by atoms with van der Waals surface area (Å²) in [5.74, 6) is 2.02. The second-order valence-corrected chi connectivity index (χ2v) is 8.50. The Balaban J connectivity index is 1.35. The van der Waals surface area contributed by atoms with Crippen LogP contribution in [0.1, 0.15) is 12.0 Å². The molecule has 33 heavy (non-hydrogen) atoms. The molecule has 0 bridgehead atoms. The summed E-state index contributed by atoms with van der Waals surface area (Å²) < 4.78 is 22.8. The van der Waals surface area contributed by atoms with Crippen molar-refractivity contribution in [2.45, 2.75) is 13.3 Å². The normalized spacial score (nSPS) is 10.9. The fraction of sp³-hybridized carbons (Fsp3) is 0.160. The quantitative estimate of drug-likeness (QED) is 0.181. The number of benzene rings is 3. The van der Waals surface area contributed by atoms with Crippen LogP contribution in [-0.4, -0.2) is 13.2 Å². The molecule has 0 N–H and O–H groups in total. The van der Waals surface area contributed by atoms with Gasteiger partial charge in [0.2, 0.25) is 0 Å². The molecule has 0 fully saturated rings. The van der Waals surface area contributed by atoms with Crippen molar-refractivity contribution >= 4 is 45.8 Å². The Labute approximate surface area is 205 Å². The molecular formula is C25H19Cl3O5. The standard InChI is InChI=1S/C25H19Cl3O5/c1-15-11-25(29)33-23-14-18(5-6-19(15)23)30-9-2-10-31-24-13-17(27)4-8-22(24)32-21-7-3-16(26)12-20(21)28/h3-8,11-14H,2,9-10H2,1H3. The van der Waals surface area contributed by atoms with E-state index in [0.29, 0.717) is 63.3 Å². The first kappa shape index (κ1) is 23.3. The van der Waals surface area contributed by atoms with Gasteiger partial charge in [0, 0.05) is 40.1 Å². The first-order valence-electron chi connectivity index (χ1n) is 10.1. The second-order valence-electron chi connectivity index (χ2n) is 7.22. The Hall–Kier alpha value is -2.86. The number of rotatable bonds is 8. The molecule has 0 saturated heterocycles. The topological polar surface area (TPSA) is 57.9 Å². The molecule has 0 unspecified atom stereocenters.